The van der Waals surface area contributed by atoms with Crippen LogP contribution in [0.4, 0.5) is 14.5 Å². The average molecular weight is 234 g/mol. The molecule has 0 unspecified atom stereocenters. The van der Waals surface area contributed by atoms with Gasteiger partial charge in [-0.05, 0) is 36.2 Å². The minimum absolute atomic E-state index is 0.362. The van der Waals surface area contributed by atoms with Crippen molar-refractivity contribution < 1.29 is 8.78 Å². The van der Waals surface area contributed by atoms with Gasteiger partial charge >= 0.3 is 0 Å². The Morgan fingerprint density at radius 2 is 1.88 bits per heavy atom. The monoisotopic (exact) mass is 234 g/mol. The fraction of sp³-hybridized carbons (Fsp3) is 0.154. The van der Waals surface area contributed by atoms with E-state index < -0.39 is 11.6 Å². The first-order valence-electron chi connectivity index (χ1n) is 5.24. The number of nitrogens with one attached hydrogen (secondary N) is 1. The molecule has 2 rings (SSSR count). The van der Waals surface area contributed by atoms with E-state index in [1.807, 2.05) is 13.0 Å². The number of aryl methyl sites for hydroxylation is 1. The maximum atomic E-state index is 13.0. The Kier molecular flexibility index (Phi) is 3.32. The second-order valence-electron chi connectivity index (χ2n) is 3.82. The van der Waals surface area contributed by atoms with Crippen LogP contribution in [0, 0.1) is 18.6 Å². The summed E-state index contributed by atoms with van der Waals surface area (Å²) in [5.41, 5.74) is 2.46. The molecule has 0 atom stereocenters. The minimum Gasteiger partial charge on any atom is -0.380 e. The Hall–Kier alpha value is -1.97. The largest absolute Gasteiger partial charge is 0.380 e. The summed E-state index contributed by atoms with van der Waals surface area (Å²) >= 11 is 0. The summed E-state index contributed by atoms with van der Waals surface area (Å²) in [6.07, 6.45) is 3.38. The number of hydrogen-bond acceptors (Lipinski definition) is 2. The first-order chi connectivity index (χ1) is 8.15. The molecule has 1 aromatic carbocycles. The highest BCUT2D eigenvalue weighted by molar-refractivity contribution is 5.48. The number of nitrogens with zero attached hydrogens (tertiary/aromatic N) is 1. The molecule has 0 saturated heterocycles. The molecule has 0 radical (unpaired) electrons. The lowest BCUT2D eigenvalue weighted by Gasteiger charge is -2.08. The van der Waals surface area contributed by atoms with Gasteiger partial charge < -0.3 is 5.32 Å². The number of benzene rings is 1. The van der Waals surface area contributed by atoms with Crippen molar-refractivity contribution in [3.05, 3.63) is 59.4 Å². The van der Waals surface area contributed by atoms with E-state index >= 15 is 0 Å². The third kappa shape index (κ3) is 3.00. The van der Waals surface area contributed by atoms with E-state index in [-0.39, 0.29) is 0 Å². The highest BCUT2D eigenvalue weighted by atomic mass is 19.1. The maximum absolute atomic E-state index is 13.0. The molecule has 1 N–H and O–H groups in total. The fourth-order valence-corrected chi connectivity index (χ4v) is 1.56. The van der Waals surface area contributed by atoms with E-state index in [9.17, 15) is 8.78 Å². The summed E-state index contributed by atoms with van der Waals surface area (Å²) in [6, 6.07) is 5.34. The molecule has 0 bridgehead atoms. The van der Waals surface area contributed by atoms with Crippen LogP contribution in [-0.4, -0.2) is 4.98 Å². The summed E-state index contributed by atoms with van der Waals surface area (Å²) < 4.78 is 25.9. The molecule has 1 aromatic heterocycles. The summed E-state index contributed by atoms with van der Waals surface area (Å²) in [7, 11) is 0. The highest BCUT2D eigenvalue weighted by Gasteiger charge is 2.01. The highest BCUT2D eigenvalue weighted by Crippen LogP contribution is 2.14. The Bertz CT molecular complexity index is 506. The number of aromatic nitrogens is 1. The average Bonchev–Trinajstić information content (AvgIpc) is 2.27. The van der Waals surface area contributed by atoms with Crippen molar-refractivity contribution in [2.45, 2.75) is 13.5 Å². The van der Waals surface area contributed by atoms with Crippen molar-refractivity contribution in [3.63, 3.8) is 0 Å². The van der Waals surface area contributed by atoms with Crippen molar-refractivity contribution >= 4 is 5.69 Å². The number of rotatable bonds is 3. The van der Waals surface area contributed by atoms with Gasteiger partial charge in [-0.3, -0.25) is 4.98 Å². The molecule has 0 aliphatic rings. The second-order valence-corrected chi connectivity index (χ2v) is 3.82. The van der Waals surface area contributed by atoms with Gasteiger partial charge in [-0.2, -0.15) is 0 Å². The molecule has 0 fully saturated rings. The molecule has 0 amide bonds. The minimum atomic E-state index is -0.565. The molecule has 17 heavy (non-hydrogen) atoms. The molecular formula is C13H12F2N2. The first kappa shape index (κ1) is 11.5. The molecule has 0 aliphatic heterocycles. The van der Waals surface area contributed by atoms with E-state index in [1.165, 1.54) is 12.1 Å². The van der Waals surface area contributed by atoms with Gasteiger partial charge in [-0.15, -0.1) is 0 Å². The zero-order chi connectivity index (χ0) is 12.3. The standard InChI is InChI=1S/C13H12F2N2/c1-9-2-3-16-8-13(9)17-7-10-4-11(14)6-12(15)5-10/h2-6,8,17H,7H2,1H3. The molecule has 1 heterocycles. The second kappa shape index (κ2) is 4.91. The zero-order valence-corrected chi connectivity index (χ0v) is 9.37. The predicted molar refractivity (Wildman–Crippen MR) is 62.7 cm³/mol. The third-order valence-electron chi connectivity index (χ3n) is 2.44. The van der Waals surface area contributed by atoms with Gasteiger partial charge in [-0.25, -0.2) is 8.78 Å². The third-order valence-corrected chi connectivity index (χ3v) is 2.44. The summed E-state index contributed by atoms with van der Waals surface area (Å²) in [6.45, 7) is 2.30. The van der Waals surface area contributed by atoms with Gasteiger partial charge in [0.25, 0.3) is 0 Å². The van der Waals surface area contributed by atoms with Crippen molar-refractivity contribution in [1.29, 1.82) is 0 Å². The van der Waals surface area contributed by atoms with Crippen LogP contribution < -0.4 is 5.32 Å². The Morgan fingerprint density at radius 1 is 1.18 bits per heavy atom. The van der Waals surface area contributed by atoms with Crippen LogP contribution >= 0.6 is 0 Å². The maximum Gasteiger partial charge on any atom is 0.126 e. The van der Waals surface area contributed by atoms with Crippen molar-refractivity contribution in [3.8, 4) is 0 Å². The van der Waals surface area contributed by atoms with Crippen LogP contribution in [0.25, 0.3) is 0 Å². The van der Waals surface area contributed by atoms with E-state index in [1.54, 1.807) is 12.4 Å². The first-order valence-corrected chi connectivity index (χ1v) is 5.24. The quantitative estimate of drug-likeness (QED) is 0.881. The van der Waals surface area contributed by atoms with Gasteiger partial charge in [-0.1, -0.05) is 0 Å². The number of pyridine rings is 1. The Labute approximate surface area is 98.3 Å². The van der Waals surface area contributed by atoms with Gasteiger partial charge in [0.15, 0.2) is 0 Å². The van der Waals surface area contributed by atoms with Gasteiger partial charge in [0, 0.05) is 18.8 Å². The summed E-state index contributed by atoms with van der Waals surface area (Å²) in [4.78, 5) is 3.98. The number of hydrogen-bond donors (Lipinski definition) is 1. The lowest BCUT2D eigenvalue weighted by Crippen LogP contribution is -2.02. The fourth-order valence-electron chi connectivity index (χ4n) is 1.56. The Balaban J connectivity index is 2.10. The van der Waals surface area contributed by atoms with Gasteiger partial charge in [0.05, 0.1) is 11.9 Å². The normalized spacial score (nSPS) is 10.3. The van der Waals surface area contributed by atoms with Crippen LogP contribution in [-0.2, 0) is 6.54 Å². The molecular weight excluding hydrogens is 222 g/mol. The van der Waals surface area contributed by atoms with Crippen molar-refractivity contribution in [1.82, 2.24) is 4.98 Å². The molecule has 2 aromatic rings. The smallest absolute Gasteiger partial charge is 0.126 e. The van der Waals surface area contributed by atoms with Gasteiger partial charge in [0.1, 0.15) is 11.6 Å². The van der Waals surface area contributed by atoms with Crippen LogP contribution in [0.2, 0.25) is 0 Å². The Morgan fingerprint density at radius 3 is 2.53 bits per heavy atom. The SMILES string of the molecule is Cc1ccncc1NCc1cc(F)cc(F)c1. The van der Waals surface area contributed by atoms with Crippen LogP contribution in [0.5, 0.6) is 0 Å². The zero-order valence-electron chi connectivity index (χ0n) is 9.37. The topological polar surface area (TPSA) is 24.9 Å². The number of halogens is 2. The lowest BCUT2D eigenvalue weighted by atomic mass is 10.2. The lowest BCUT2D eigenvalue weighted by molar-refractivity contribution is 0.580. The predicted octanol–water partition coefficient (Wildman–Crippen LogP) is 3.28. The van der Waals surface area contributed by atoms with E-state index in [4.69, 9.17) is 0 Å². The molecule has 2 nitrogen and oxygen atoms in total. The van der Waals surface area contributed by atoms with Crippen molar-refractivity contribution in [2.24, 2.45) is 0 Å². The number of anilines is 1. The summed E-state index contributed by atoms with van der Waals surface area (Å²) in [5.74, 6) is -1.13. The van der Waals surface area contributed by atoms with E-state index in [0.717, 1.165) is 17.3 Å². The molecule has 88 valence electrons. The summed E-state index contributed by atoms with van der Waals surface area (Å²) in [5, 5.41) is 3.09. The molecule has 0 saturated carbocycles. The van der Waals surface area contributed by atoms with Crippen LogP contribution in [0.1, 0.15) is 11.1 Å². The van der Waals surface area contributed by atoms with Crippen LogP contribution in [0.3, 0.4) is 0 Å². The molecule has 4 heteroatoms. The molecule has 0 spiro atoms. The molecule has 0 aliphatic carbocycles. The van der Waals surface area contributed by atoms with Crippen molar-refractivity contribution in [2.75, 3.05) is 5.32 Å². The van der Waals surface area contributed by atoms with Gasteiger partial charge in [0.2, 0.25) is 0 Å². The van der Waals surface area contributed by atoms with E-state index in [0.29, 0.717) is 12.1 Å². The van der Waals surface area contributed by atoms with Crippen LogP contribution in [0.15, 0.2) is 36.7 Å². The van der Waals surface area contributed by atoms with E-state index in [2.05, 4.69) is 10.3 Å².